The monoisotopic (exact) mass is 407 g/mol. The number of amides is 2. The second-order valence-electron chi connectivity index (χ2n) is 8.34. The summed E-state index contributed by atoms with van der Waals surface area (Å²) in [6, 6.07) is -1.04. The highest BCUT2D eigenvalue weighted by Crippen LogP contribution is 2.28. The summed E-state index contributed by atoms with van der Waals surface area (Å²) in [5.74, 6) is 0.609. The molecule has 164 valence electrons. The second-order valence-corrected chi connectivity index (χ2v) is 8.34. The topological polar surface area (TPSA) is 131 Å². The minimum Gasteiger partial charge on any atom is -0.370 e. The average Bonchev–Trinajstić information content (AvgIpc) is 3.21. The molecule has 0 bridgehead atoms. The van der Waals surface area contributed by atoms with Gasteiger partial charge in [-0.3, -0.25) is 14.6 Å². The molecule has 0 aromatic carbocycles. The van der Waals surface area contributed by atoms with Crippen molar-refractivity contribution < 1.29 is 14.4 Å². The van der Waals surface area contributed by atoms with Crippen LogP contribution in [0.1, 0.15) is 77.0 Å². The van der Waals surface area contributed by atoms with E-state index in [2.05, 4.69) is 10.3 Å². The summed E-state index contributed by atoms with van der Waals surface area (Å²) in [7, 11) is 0. The minimum absolute atomic E-state index is 0.0142. The number of nitrogens with zero attached hydrogens (tertiary/aromatic N) is 2. The smallest absolute Gasteiger partial charge is 0.243 e. The van der Waals surface area contributed by atoms with Crippen molar-refractivity contribution in [2.24, 2.45) is 22.4 Å². The van der Waals surface area contributed by atoms with Gasteiger partial charge in [-0.25, -0.2) is 0 Å². The molecular formula is C21H37N5O3. The lowest BCUT2D eigenvalue weighted by Crippen LogP contribution is -2.49. The standard InChI is InChI=1S/C21H37N5O3/c22-21(23)24-13-5-10-17(15-27)25-20(29)18-11-6-14-26(18)19(28)12-4-9-16-7-2-1-3-8-16/h15-18H,1-14H2,(H,25,29)(H4,22,23,24)/t17-,18-/m0/s1. The van der Waals surface area contributed by atoms with Gasteiger partial charge in [-0.15, -0.1) is 0 Å². The molecule has 2 aliphatic rings. The third kappa shape index (κ3) is 8.03. The maximum Gasteiger partial charge on any atom is 0.243 e. The normalized spacial score (nSPS) is 20.8. The summed E-state index contributed by atoms with van der Waals surface area (Å²) in [5, 5.41) is 2.78. The van der Waals surface area contributed by atoms with Crippen LogP contribution in [0.15, 0.2) is 4.99 Å². The molecule has 2 fully saturated rings. The average molecular weight is 408 g/mol. The van der Waals surface area contributed by atoms with Crippen LogP contribution >= 0.6 is 0 Å². The third-order valence-corrected chi connectivity index (χ3v) is 6.06. The number of carbonyl (C=O) groups excluding carboxylic acids is 3. The van der Waals surface area contributed by atoms with E-state index in [1.807, 2.05) is 0 Å². The highest BCUT2D eigenvalue weighted by atomic mass is 16.2. The van der Waals surface area contributed by atoms with E-state index in [0.717, 1.165) is 31.5 Å². The quantitative estimate of drug-likeness (QED) is 0.207. The van der Waals surface area contributed by atoms with E-state index in [1.165, 1.54) is 32.1 Å². The highest BCUT2D eigenvalue weighted by Gasteiger charge is 2.34. The number of rotatable bonds is 11. The molecule has 2 amide bonds. The molecule has 1 heterocycles. The van der Waals surface area contributed by atoms with Crippen molar-refractivity contribution in [3.63, 3.8) is 0 Å². The van der Waals surface area contributed by atoms with Gasteiger partial charge >= 0.3 is 0 Å². The molecule has 1 aliphatic carbocycles. The van der Waals surface area contributed by atoms with Gasteiger partial charge in [0.1, 0.15) is 12.3 Å². The van der Waals surface area contributed by atoms with Gasteiger partial charge in [0, 0.05) is 19.5 Å². The fourth-order valence-electron chi connectivity index (χ4n) is 4.47. The molecule has 5 N–H and O–H groups in total. The van der Waals surface area contributed by atoms with Crippen molar-refractivity contribution in [2.75, 3.05) is 13.1 Å². The van der Waals surface area contributed by atoms with Gasteiger partial charge in [-0.2, -0.15) is 0 Å². The lowest BCUT2D eigenvalue weighted by molar-refractivity contribution is -0.139. The molecular weight excluding hydrogens is 370 g/mol. The van der Waals surface area contributed by atoms with Crippen molar-refractivity contribution >= 4 is 24.1 Å². The summed E-state index contributed by atoms with van der Waals surface area (Å²) in [5.41, 5.74) is 10.6. The SMILES string of the molecule is NC(N)=NCCC[C@@H](C=O)NC(=O)[C@@H]1CCCN1C(=O)CCCC1CCCCC1. The number of likely N-dealkylation sites (tertiary alicyclic amines) is 1. The van der Waals surface area contributed by atoms with Crippen LogP contribution < -0.4 is 16.8 Å². The molecule has 0 unspecified atom stereocenters. The van der Waals surface area contributed by atoms with Gasteiger partial charge in [0.15, 0.2) is 5.96 Å². The fraction of sp³-hybridized carbons (Fsp3) is 0.810. The lowest BCUT2D eigenvalue weighted by atomic mass is 9.86. The molecule has 2 rings (SSSR count). The number of hydrogen-bond acceptors (Lipinski definition) is 4. The molecule has 1 aliphatic heterocycles. The van der Waals surface area contributed by atoms with E-state index < -0.39 is 12.1 Å². The largest absolute Gasteiger partial charge is 0.370 e. The first-order valence-electron chi connectivity index (χ1n) is 11.1. The van der Waals surface area contributed by atoms with E-state index in [0.29, 0.717) is 38.8 Å². The minimum atomic E-state index is -0.583. The summed E-state index contributed by atoms with van der Waals surface area (Å²) >= 11 is 0. The summed E-state index contributed by atoms with van der Waals surface area (Å²) in [6.45, 7) is 1.04. The maximum atomic E-state index is 12.7. The first-order valence-corrected chi connectivity index (χ1v) is 11.1. The zero-order chi connectivity index (χ0) is 21.1. The van der Waals surface area contributed by atoms with Crippen LogP contribution in [-0.4, -0.2) is 54.1 Å². The van der Waals surface area contributed by atoms with Crippen LogP contribution in [0, 0.1) is 5.92 Å². The van der Waals surface area contributed by atoms with Gasteiger partial charge < -0.3 is 26.5 Å². The Hall–Kier alpha value is -2.12. The van der Waals surface area contributed by atoms with Gasteiger partial charge in [0.25, 0.3) is 0 Å². The van der Waals surface area contributed by atoms with Crippen molar-refractivity contribution in [3.05, 3.63) is 0 Å². The van der Waals surface area contributed by atoms with Gasteiger partial charge in [0.05, 0.1) is 6.04 Å². The van der Waals surface area contributed by atoms with Gasteiger partial charge in [-0.05, 0) is 44.4 Å². The first kappa shape index (κ1) is 23.2. The van der Waals surface area contributed by atoms with E-state index in [1.54, 1.807) is 4.90 Å². The number of nitrogens with one attached hydrogen (secondary N) is 1. The Kier molecular flexibility index (Phi) is 9.94. The van der Waals surface area contributed by atoms with Crippen LogP contribution in [0.3, 0.4) is 0 Å². The van der Waals surface area contributed by atoms with Crippen LogP contribution in [0.2, 0.25) is 0 Å². The molecule has 8 nitrogen and oxygen atoms in total. The molecule has 2 atom stereocenters. The molecule has 1 saturated heterocycles. The fourth-order valence-corrected chi connectivity index (χ4v) is 4.47. The highest BCUT2D eigenvalue weighted by molar-refractivity contribution is 5.89. The molecule has 8 heteroatoms. The van der Waals surface area contributed by atoms with E-state index in [-0.39, 0.29) is 17.8 Å². The Morgan fingerprint density at radius 3 is 2.55 bits per heavy atom. The molecule has 0 spiro atoms. The number of aliphatic imine (C=N–C) groups is 1. The Labute approximate surface area is 173 Å². The number of carbonyl (C=O) groups is 3. The van der Waals surface area contributed by atoms with Crippen LogP contribution in [0.25, 0.3) is 0 Å². The number of nitrogens with two attached hydrogens (primary N) is 2. The molecule has 29 heavy (non-hydrogen) atoms. The first-order chi connectivity index (χ1) is 14.0. The molecule has 0 radical (unpaired) electrons. The number of hydrogen-bond donors (Lipinski definition) is 3. The van der Waals surface area contributed by atoms with Crippen molar-refractivity contribution in [3.8, 4) is 0 Å². The van der Waals surface area contributed by atoms with Crippen molar-refractivity contribution in [1.82, 2.24) is 10.2 Å². The van der Waals surface area contributed by atoms with Gasteiger partial charge in [-0.1, -0.05) is 32.1 Å². The van der Waals surface area contributed by atoms with E-state index in [9.17, 15) is 14.4 Å². The van der Waals surface area contributed by atoms with Crippen molar-refractivity contribution in [1.29, 1.82) is 0 Å². The Balaban J connectivity index is 1.75. The number of guanidine groups is 1. The second kappa shape index (κ2) is 12.4. The Morgan fingerprint density at radius 1 is 1.10 bits per heavy atom. The number of aldehydes is 1. The lowest BCUT2D eigenvalue weighted by Gasteiger charge is -2.26. The zero-order valence-corrected chi connectivity index (χ0v) is 17.5. The molecule has 1 saturated carbocycles. The van der Waals surface area contributed by atoms with Gasteiger partial charge in [0.2, 0.25) is 11.8 Å². The van der Waals surface area contributed by atoms with Crippen LogP contribution in [0.4, 0.5) is 0 Å². The maximum absolute atomic E-state index is 12.7. The predicted molar refractivity (Wildman–Crippen MR) is 113 cm³/mol. The summed E-state index contributed by atoms with van der Waals surface area (Å²) in [4.78, 5) is 42.2. The van der Waals surface area contributed by atoms with E-state index in [4.69, 9.17) is 11.5 Å². The zero-order valence-electron chi connectivity index (χ0n) is 17.5. The Morgan fingerprint density at radius 2 is 1.86 bits per heavy atom. The van der Waals surface area contributed by atoms with Crippen LogP contribution in [-0.2, 0) is 14.4 Å². The summed E-state index contributed by atoms with van der Waals surface area (Å²) < 4.78 is 0. The van der Waals surface area contributed by atoms with E-state index >= 15 is 0 Å². The predicted octanol–water partition coefficient (Wildman–Crippen LogP) is 1.47. The molecule has 0 aromatic rings. The third-order valence-electron chi connectivity index (χ3n) is 6.06. The Bertz CT molecular complexity index is 571. The van der Waals surface area contributed by atoms with Crippen LogP contribution in [0.5, 0.6) is 0 Å². The van der Waals surface area contributed by atoms with Crippen molar-refractivity contribution in [2.45, 2.75) is 89.1 Å². The summed E-state index contributed by atoms with van der Waals surface area (Å²) in [6.07, 6.45) is 12.3. The molecule has 0 aromatic heterocycles.